The van der Waals surface area contributed by atoms with Crippen LogP contribution in [0.15, 0.2) is 48.5 Å². The number of hydrogen-bond acceptors (Lipinski definition) is 2. The molecule has 1 aliphatic heterocycles. The van der Waals surface area contributed by atoms with Crippen molar-refractivity contribution in [1.29, 1.82) is 0 Å². The molecule has 1 heterocycles. The number of hydrogen-bond donors (Lipinski definition) is 1. The Balaban J connectivity index is 1.87. The molecule has 1 saturated heterocycles. The number of aryl methyl sites for hydroxylation is 1. The smallest absolute Gasteiger partial charge is 0.308 e. The molecule has 2 aromatic carbocycles. The van der Waals surface area contributed by atoms with Gasteiger partial charge in [-0.05, 0) is 36.2 Å². The molecule has 5 heteroatoms. The normalized spacial score (nSPS) is 20.2. The highest BCUT2D eigenvalue weighted by Gasteiger charge is 2.40. The van der Waals surface area contributed by atoms with Gasteiger partial charge in [0.15, 0.2) is 0 Å². The molecule has 124 valence electrons. The molecule has 0 bridgehead atoms. The molecule has 1 aliphatic rings. The Morgan fingerprint density at radius 2 is 1.75 bits per heavy atom. The first-order valence-corrected chi connectivity index (χ1v) is 8.18. The van der Waals surface area contributed by atoms with Gasteiger partial charge in [-0.15, -0.1) is 0 Å². The van der Waals surface area contributed by atoms with E-state index in [1.54, 1.807) is 23.1 Å². The topological polar surface area (TPSA) is 57.6 Å². The molecule has 1 fully saturated rings. The summed E-state index contributed by atoms with van der Waals surface area (Å²) in [5.41, 5.74) is 2.41. The van der Waals surface area contributed by atoms with Crippen molar-refractivity contribution in [3.05, 3.63) is 70.2 Å². The number of benzene rings is 2. The summed E-state index contributed by atoms with van der Waals surface area (Å²) in [5.74, 6) is -1.84. The van der Waals surface area contributed by atoms with Crippen LogP contribution in [0.5, 0.6) is 0 Å². The molecule has 0 aromatic heterocycles. The molecule has 1 amide bonds. The third-order valence-corrected chi connectivity index (χ3v) is 4.85. The number of carbonyl (C=O) groups excluding carboxylic acids is 1. The lowest BCUT2D eigenvalue weighted by Crippen LogP contribution is -2.30. The predicted octanol–water partition coefficient (Wildman–Crippen LogP) is 3.59. The minimum Gasteiger partial charge on any atom is -0.481 e. The van der Waals surface area contributed by atoms with E-state index >= 15 is 0 Å². The summed E-state index contributed by atoms with van der Waals surface area (Å²) in [7, 11) is 0. The van der Waals surface area contributed by atoms with Gasteiger partial charge in [0.05, 0.1) is 5.92 Å². The highest BCUT2D eigenvalue weighted by molar-refractivity contribution is 6.30. The molecule has 0 unspecified atom stereocenters. The van der Waals surface area contributed by atoms with Gasteiger partial charge in [-0.3, -0.25) is 9.59 Å². The summed E-state index contributed by atoms with van der Waals surface area (Å²) in [6.45, 7) is 2.50. The van der Waals surface area contributed by atoms with Gasteiger partial charge in [-0.25, -0.2) is 0 Å². The quantitative estimate of drug-likeness (QED) is 0.926. The highest BCUT2D eigenvalue weighted by atomic mass is 35.5. The van der Waals surface area contributed by atoms with Gasteiger partial charge < -0.3 is 10.0 Å². The van der Waals surface area contributed by atoms with E-state index in [1.165, 1.54) is 0 Å². The van der Waals surface area contributed by atoms with Crippen molar-refractivity contribution < 1.29 is 14.7 Å². The Morgan fingerprint density at radius 3 is 2.38 bits per heavy atom. The lowest BCUT2D eigenvalue weighted by atomic mass is 9.89. The zero-order valence-corrected chi connectivity index (χ0v) is 14.0. The maximum absolute atomic E-state index is 12.8. The van der Waals surface area contributed by atoms with Gasteiger partial charge in [-0.1, -0.05) is 41.9 Å². The van der Waals surface area contributed by atoms with Crippen LogP contribution in [0.3, 0.4) is 0 Å². The van der Waals surface area contributed by atoms with Crippen molar-refractivity contribution in [3.8, 4) is 0 Å². The van der Waals surface area contributed by atoms with Crippen molar-refractivity contribution in [2.45, 2.75) is 12.8 Å². The first-order valence-electron chi connectivity index (χ1n) is 7.80. The molecule has 0 radical (unpaired) electrons. The van der Waals surface area contributed by atoms with E-state index in [0.717, 1.165) is 11.1 Å². The second-order valence-electron chi connectivity index (χ2n) is 6.13. The maximum Gasteiger partial charge on any atom is 0.308 e. The summed E-state index contributed by atoms with van der Waals surface area (Å²) in [6.07, 6.45) is 0. The largest absolute Gasteiger partial charge is 0.481 e. The summed E-state index contributed by atoms with van der Waals surface area (Å²) < 4.78 is 0. The van der Waals surface area contributed by atoms with Crippen molar-refractivity contribution in [2.24, 2.45) is 5.92 Å². The summed E-state index contributed by atoms with van der Waals surface area (Å²) in [6, 6.07) is 14.5. The molecular weight excluding hydrogens is 326 g/mol. The van der Waals surface area contributed by atoms with Gasteiger partial charge in [-0.2, -0.15) is 0 Å². The number of carboxylic acid groups (broad SMARTS) is 1. The Hall–Kier alpha value is -2.33. The number of carboxylic acids is 1. The molecular formula is C19H18ClNO3. The number of aliphatic carboxylic acids is 1. The molecule has 4 nitrogen and oxygen atoms in total. The first kappa shape index (κ1) is 16.5. The average Bonchev–Trinajstić information content (AvgIpc) is 3.01. The van der Waals surface area contributed by atoms with E-state index in [4.69, 9.17) is 11.6 Å². The fourth-order valence-electron chi connectivity index (χ4n) is 3.25. The molecule has 2 atom stereocenters. The van der Waals surface area contributed by atoms with Crippen molar-refractivity contribution >= 4 is 23.5 Å². The number of amides is 1. The van der Waals surface area contributed by atoms with Crippen LogP contribution in [0.4, 0.5) is 0 Å². The van der Waals surface area contributed by atoms with Crippen molar-refractivity contribution in [2.75, 3.05) is 13.1 Å². The number of carbonyl (C=O) groups is 2. The second kappa shape index (κ2) is 6.65. The van der Waals surface area contributed by atoms with Crippen molar-refractivity contribution in [3.63, 3.8) is 0 Å². The fraction of sp³-hybridized carbons (Fsp3) is 0.263. The third kappa shape index (κ3) is 3.15. The zero-order valence-electron chi connectivity index (χ0n) is 13.3. The van der Waals surface area contributed by atoms with Gasteiger partial charge in [0.2, 0.25) is 0 Å². The minimum atomic E-state index is -0.880. The molecule has 0 aliphatic carbocycles. The predicted molar refractivity (Wildman–Crippen MR) is 92.4 cm³/mol. The Morgan fingerprint density at radius 1 is 1.08 bits per heavy atom. The molecule has 2 aromatic rings. The Kier molecular flexibility index (Phi) is 4.58. The van der Waals surface area contributed by atoms with E-state index < -0.39 is 11.9 Å². The lowest BCUT2D eigenvalue weighted by Gasteiger charge is -2.17. The number of halogens is 1. The molecule has 0 spiro atoms. The Bertz CT molecular complexity index is 772. The summed E-state index contributed by atoms with van der Waals surface area (Å²) in [5, 5.41) is 10.2. The fourth-order valence-corrected chi connectivity index (χ4v) is 3.38. The van der Waals surface area contributed by atoms with E-state index in [9.17, 15) is 14.7 Å². The Labute approximate surface area is 145 Å². The SMILES string of the molecule is Cc1ccccc1C(=O)N1C[C@@H](C(=O)O)[C@H](c2ccc(Cl)cc2)C1. The highest BCUT2D eigenvalue weighted by Crippen LogP contribution is 2.34. The maximum atomic E-state index is 12.8. The third-order valence-electron chi connectivity index (χ3n) is 4.60. The summed E-state index contributed by atoms with van der Waals surface area (Å²) >= 11 is 5.91. The van der Waals surface area contributed by atoms with Crippen LogP contribution >= 0.6 is 11.6 Å². The molecule has 3 rings (SSSR count). The standard InChI is InChI=1S/C19H18ClNO3/c1-12-4-2-3-5-15(12)18(22)21-10-16(17(11-21)19(23)24)13-6-8-14(20)9-7-13/h2-9,16-17H,10-11H2,1H3,(H,23,24)/t16-,17+/m0/s1. The van der Waals surface area contributed by atoms with Crippen LogP contribution in [0.1, 0.15) is 27.4 Å². The van der Waals surface area contributed by atoms with Gasteiger partial charge in [0, 0.05) is 29.6 Å². The zero-order chi connectivity index (χ0) is 17.3. The first-order chi connectivity index (χ1) is 11.5. The van der Waals surface area contributed by atoms with E-state index in [2.05, 4.69) is 0 Å². The lowest BCUT2D eigenvalue weighted by molar-refractivity contribution is -0.141. The van der Waals surface area contributed by atoms with E-state index in [-0.39, 0.29) is 18.4 Å². The summed E-state index contributed by atoms with van der Waals surface area (Å²) in [4.78, 5) is 26.1. The number of likely N-dealkylation sites (tertiary alicyclic amines) is 1. The van der Waals surface area contributed by atoms with E-state index in [0.29, 0.717) is 17.1 Å². The molecule has 24 heavy (non-hydrogen) atoms. The van der Waals surface area contributed by atoms with E-state index in [1.807, 2.05) is 37.3 Å². The van der Waals surface area contributed by atoms with Gasteiger partial charge >= 0.3 is 5.97 Å². The van der Waals surface area contributed by atoms with Crippen LogP contribution in [0.25, 0.3) is 0 Å². The van der Waals surface area contributed by atoms with Crippen LogP contribution in [0.2, 0.25) is 5.02 Å². The molecule has 0 saturated carbocycles. The monoisotopic (exact) mass is 343 g/mol. The van der Waals surface area contributed by atoms with Gasteiger partial charge in [0.1, 0.15) is 0 Å². The number of nitrogens with zero attached hydrogens (tertiary/aromatic N) is 1. The van der Waals surface area contributed by atoms with Crippen LogP contribution in [-0.4, -0.2) is 35.0 Å². The minimum absolute atomic E-state index is 0.115. The number of rotatable bonds is 3. The molecule has 1 N–H and O–H groups in total. The average molecular weight is 344 g/mol. The van der Waals surface area contributed by atoms with Crippen LogP contribution in [0, 0.1) is 12.8 Å². The van der Waals surface area contributed by atoms with Crippen LogP contribution < -0.4 is 0 Å². The van der Waals surface area contributed by atoms with Gasteiger partial charge in [0.25, 0.3) is 5.91 Å². The van der Waals surface area contributed by atoms with Crippen molar-refractivity contribution in [1.82, 2.24) is 4.90 Å². The van der Waals surface area contributed by atoms with Crippen LogP contribution in [-0.2, 0) is 4.79 Å². The second-order valence-corrected chi connectivity index (χ2v) is 6.56.